The molecule has 72 valence electrons. The van der Waals surface area contributed by atoms with Crippen LogP contribution in [0.2, 0.25) is 0 Å². The predicted octanol–water partition coefficient (Wildman–Crippen LogP) is 0.707. The van der Waals surface area contributed by atoms with E-state index in [0.717, 1.165) is 0 Å². The molecule has 0 aliphatic heterocycles. The number of H-pyrrole nitrogens is 1. The highest BCUT2D eigenvalue weighted by molar-refractivity contribution is 5.90. The lowest BCUT2D eigenvalue weighted by molar-refractivity contribution is 0.0522. The molecule has 0 fully saturated rings. The lowest BCUT2D eigenvalue weighted by Crippen LogP contribution is -2.15. The largest absolute Gasteiger partial charge is 0.462 e. The molecule has 1 heterocycles. The van der Waals surface area contributed by atoms with E-state index in [2.05, 4.69) is 9.68 Å². The van der Waals surface area contributed by atoms with Gasteiger partial charge in [0.15, 0.2) is 5.56 Å². The zero-order valence-corrected chi connectivity index (χ0v) is 7.55. The van der Waals surface area contributed by atoms with Crippen LogP contribution in [-0.4, -0.2) is 17.7 Å². The molecule has 5 nitrogen and oxygen atoms in total. The number of nitrogens with one attached hydrogen (secondary N) is 1. The van der Waals surface area contributed by atoms with Crippen LogP contribution in [-0.2, 0) is 11.2 Å². The molecule has 1 N–H and O–H groups in total. The first-order valence-corrected chi connectivity index (χ1v) is 4.08. The van der Waals surface area contributed by atoms with Crippen LogP contribution in [0.1, 0.15) is 29.9 Å². The summed E-state index contributed by atoms with van der Waals surface area (Å²) < 4.78 is 9.16. The molecule has 0 saturated heterocycles. The highest BCUT2D eigenvalue weighted by Crippen LogP contribution is 2.03. The Kier molecular flexibility index (Phi) is 2.89. The Hall–Kier alpha value is -1.52. The van der Waals surface area contributed by atoms with Gasteiger partial charge >= 0.3 is 11.6 Å². The van der Waals surface area contributed by atoms with Gasteiger partial charge in [-0.1, -0.05) is 6.92 Å². The molecule has 0 aliphatic carbocycles. The van der Waals surface area contributed by atoms with Crippen LogP contribution in [0.3, 0.4) is 0 Å². The zero-order valence-electron chi connectivity index (χ0n) is 7.55. The number of hydrogen-bond donors (Lipinski definition) is 1. The molecule has 5 heteroatoms. The summed E-state index contributed by atoms with van der Waals surface area (Å²) in [6.07, 6.45) is 0.528. The van der Waals surface area contributed by atoms with Crippen molar-refractivity contribution in [2.75, 3.05) is 6.61 Å². The fourth-order valence-corrected chi connectivity index (χ4v) is 0.992. The molecule has 0 aliphatic rings. The Morgan fingerprint density at radius 1 is 1.54 bits per heavy atom. The average molecular weight is 185 g/mol. The molecular weight excluding hydrogens is 174 g/mol. The topological polar surface area (TPSA) is 72.3 Å². The molecule has 0 amide bonds. The first kappa shape index (κ1) is 9.57. The number of hydrogen-bond acceptors (Lipinski definition) is 4. The van der Waals surface area contributed by atoms with Gasteiger partial charge in [-0.15, -0.1) is 0 Å². The average Bonchev–Trinajstić information content (AvgIpc) is 2.47. The minimum absolute atomic E-state index is 0.0237. The molecule has 0 unspecified atom stereocenters. The summed E-state index contributed by atoms with van der Waals surface area (Å²) >= 11 is 0. The van der Waals surface area contributed by atoms with Crippen LogP contribution < -0.4 is 5.63 Å². The molecule has 0 bridgehead atoms. The minimum Gasteiger partial charge on any atom is -0.462 e. The summed E-state index contributed by atoms with van der Waals surface area (Å²) in [4.78, 5) is 22.2. The summed E-state index contributed by atoms with van der Waals surface area (Å²) in [6.45, 7) is 3.73. The maximum Gasteiger partial charge on any atom is 0.372 e. The maximum atomic E-state index is 11.2. The Morgan fingerprint density at radius 2 is 2.23 bits per heavy atom. The fraction of sp³-hybridized carbons (Fsp3) is 0.500. The molecule has 0 atom stereocenters. The molecule has 1 rings (SSSR count). The molecular formula is C8H11NO4. The van der Waals surface area contributed by atoms with Crippen molar-refractivity contribution in [3.05, 3.63) is 21.7 Å². The molecule has 0 radical (unpaired) electrons. The van der Waals surface area contributed by atoms with Gasteiger partial charge in [-0.2, -0.15) is 0 Å². The van der Waals surface area contributed by atoms with Crippen molar-refractivity contribution in [2.24, 2.45) is 0 Å². The third kappa shape index (κ3) is 1.80. The van der Waals surface area contributed by atoms with Crippen molar-refractivity contribution >= 4 is 5.97 Å². The van der Waals surface area contributed by atoms with E-state index in [1.165, 1.54) is 0 Å². The van der Waals surface area contributed by atoms with Gasteiger partial charge in [0, 0.05) is 0 Å². The molecule has 1 aromatic rings. The molecule has 0 saturated carbocycles. The van der Waals surface area contributed by atoms with E-state index >= 15 is 0 Å². The van der Waals surface area contributed by atoms with E-state index in [9.17, 15) is 9.59 Å². The van der Waals surface area contributed by atoms with Crippen molar-refractivity contribution < 1.29 is 14.1 Å². The van der Waals surface area contributed by atoms with Crippen molar-refractivity contribution in [2.45, 2.75) is 20.3 Å². The van der Waals surface area contributed by atoms with Gasteiger partial charge in [0.05, 0.1) is 12.3 Å². The summed E-state index contributed by atoms with van der Waals surface area (Å²) in [5.74, 6) is -0.630. The Balaban J connectivity index is 3.04. The first-order valence-electron chi connectivity index (χ1n) is 4.08. The summed E-state index contributed by atoms with van der Waals surface area (Å²) in [7, 11) is 0. The predicted molar refractivity (Wildman–Crippen MR) is 44.7 cm³/mol. The van der Waals surface area contributed by atoms with Crippen LogP contribution >= 0.6 is 0 Å². The van der Waals surface area contributed by atoms with Gasteiger partial charge in [0.25, 0.3) is 0 Å². The number of aromatic amines is 1. The highest BCUT2D eigenvalue weighted by Gasteiger charge is 2.19. The van der Waals surface area contributed by atoms with Crippen molar-refractivity contribution in [3.63, 3.8) is 0 Å². The second kappa shape index (κ2) is 3.93. The van der Waals surface area contributed by atoms with E-state index in [-0.39, 0.29) is 12.2 Å². The standard InChI is InChI=1S/C8H11NO4/c1-3-5-6(7(10)12-4-2)8(11)13-9-5/h9H,3-4H2,1-2H3. The van der Waals surface area contributed by atoms with Gasteiger partial charge in [-0.05, 0) is 13.3 Å². The van der Waals surface area contributed by atoms with E-state index in [0.29, 0.717) is 12.1 Å². The van der Waals surface area contributed by atoms with Crippen LogP contribution in [0.5, 0.6) is 0 Å². The van der Waals surface area contributed by atoms with Crippen LogP contribution in [0.15, 0.2) is 9.32 Å². The van der Waals surface area contributed by atoms with E-state index in [4.69, 9.17) is 4.74 Å². The first-order chi connectivity index (χ1) is 6.20. The fourth-order valence-electron chi connectivity index (χ4n) is 0.992. The zero-order chi connectivity index (χ0) is 9.84. The van der Waals surface area contributed by atoms with Crippen molar-refractivity contribution in [1.82, 2.24) is 5.16 Å². The SMILES string of the molecule is CCOC(=O)c1c(CC)[nH]oc1=O. The number of carbonyl (C=O) groups is 1. The minimum atomic E-state index is -0.671. The third-order valence-electron chi connectivity index (χ3n) is 1.61. The van der Waals surface area contributed by atoms with E-state index in [1.54, 1.807) is 6.92 Å². The second-order valence-electron chi connectivity index (χ2n) is 2.42. The monoisotopic (exact) mass is 185 g/mol. The molecule has 0 spiro atoms. The number of rotatable bonds is 3. The number of carbonyl (C=O) groups excluding carboxylic acids is 1. The Bertz CT molecular complexity index is 349. The number of aromatic nitrogens is 1. The summed E-state index contributed by atoms with van der Waals surface area (Å²) in [5.41, 5.74) is -0.219. The van der Waals surface area contributed by atoms with Crippen LogP contribution in [0, 0.1) is 0 Å². The van der Waals surface area contributed by atoms with E-state index in [1.807, 2.05) is 6.92 Å². The van der Waals surface area contributed by atoms with Gasteiger partial charge < -0.3 is 9.26 Å². The molecule has 0 aromatic carbocycles. The van der Waals surface area contributed by atoms with Crippen LogP contribution in [0.25, 0.3) is 0 Å². The normalized spacial score (nSPS) is 10.0. The third-order valence-corrected chi connectivity index (χ3v) is 1.61. The Morgan fingerprint density at radius 3 is 2.77 bits per heavy atom. The van der Waals surface area contributed by atoms with E-state index < -0.39 is 11.6 Å². The maximum absolute atomic E-state index is 11.2. The highest BCUT2D eigenvalue weighted by atomic mass is 16.5. The lowest BCUT2D eigenvalue weighted by atomic mass is 10.2. The summed E-state index contributed by atoms with van der Waals surface area (Å²) in [5, 5.41) is 2.37. The van der Waals surface area contributed by atoms with Gasteiger partial charge in [-0.25, -0.2) is 14.7 Å². The van der Waals surface area contributed by atoms with Gasteiger partial charge in [0.1, 0.15) is 0 Å². The number of esters is 1. The summed E-state index contributed by atoms with van der Waals surface area (Å²) in [6, 6.07) is 0. The molecule has 1 aromatic heterocycles. The number of ether oxygens (including phenoxy) is 1. The number of aryl methyl sites for hydroxylation is 1. The van der Waals surface area contributed by atoms with Crippen molar-refractivity contribution in [3.8, 4) is 0 Å². The lowest BCUT2D eigenvalue weighted by Gasteiger charge is -1.97. The smallest absolute Gasteiger partial charge is 0.372 e. The van der Waals surface area contributed by atoms with Crippen LogP contribution in [0.4, 0.5) is 0 Å². The van der Waals surface area contributed by atoms with Gasteiger partial charge in [-0.3, -0.25) is 0 Å². The quantitative estimate of drug-likeness (QED) is 0.704. The van der Waals surface area contributed by atoms with Gasteiger partial charge in [0.2, 0.25) is 0 Å². The second-order valence-corrected chi connectivity index (χ2v) is 2.42. The van der Waals surface area contributed by atoms with Crippen molar-refractivity contribution in [1.29, 1.82) is 0 Å². The molecule has 13 heavy (non-hydrogen) atoms. The Labute approximate surface area is 74.7 Å².